The molecule has 3 aromatic rings. The van der Waals surface area contributed by atoms with E-state index in [0.717, 1.165) is 0 Å². The lowest BCUT2D eigenvalue weighted by atomic mass is 10.2. The smallest absolute Gasteiger partial charge is 0.240 e. The van der Waals surface area contributed by atoms with Crippen LogP contribution >= 0.6 is 11.6 Å². The first-order chi connectivity index (χ1) is 11.4. The molecule has 3 rings (SSSR count). The fourth-order valence-electron chi connectivity index (χ4n) is 2.25. The lowest BCUT2D eigenvalue weighted by Crippen LogP contribution is -2.24. The zero-order valence-corrected chi connectivity index (χ0v) is 14.3. The molecule has 0 unspecified atom stereocenters. The third-order valence-corrected chi connectivity index (χ3v) is 5.36. The van der Waals surface area contributed by atoms with Crippen molar-refractivity contribution in [1.82, 2.24) is 9.97 Å². The zero-order chi connectivity index (χ0) is 17.3. The van der Waals surface area contributed by atoms with Gasteiger partial charge in [-0.2, -0.15) is 0 Å². The van der Waals surface area contributed by atoms with E-state index in [-0.39, 0.29) is 5.16 Å². The van der Waals surface area contributed by atoms with Crippen LogP contribution in [-0.2, 0) is 14.6 Å². The number of halogens is 1. The third-order valence-electron chi connectivity index (χ3n) is 3.53. The summed E-state index contributed by atoms with van der Waals surface area (Å²) in [6.45, 7) is 1.74. The Bertz CT molecular complexity index is 995. The van der Waals surface area contributed by atoms with Crippen molar-refractivity contribution >= 4 is 44.1 Å². The molecular formula is C16H14ClN3O3S. The summed E-state index contributed by atoms with van der Waals surface area (Å²) in [6.07, 6.45) is 0. The number of H-pyrrole nitrogens is 1. The fraction of sp³-hybridized carbons (Fsp3) is 0.125. The van der Waals surface area contributed by atoms with E-state index in [9.17, 15) is 13.2 Å². The lowest BCUT2D eigenvalue weighted by Gasteiger charge is -2.09. The van der Waals surface area contributed by atoms with Crippen LogP contribution in [-0.4, -0.2) is 30.0 Å². The number of amides is 1. The molecule has 0 aliphatic rings. The van der Waals surface area contributed by atoms with Crippen LogP contribution in [0.15, 0.2) is 47.6 Å². The number of hydrogen-bond acceptors (Lipinski definition) is 4. The van der Waals surface area contributed by atoms with Gasteiger partial charge in [0.25, 0.3) is 0 Å². The first-order valence-electron chi connectivity index (χ1n) is 7.09. The molecule has 0 spiro atoms. The van der Waals surface area contributed by atoms with Crippen molar-refractivity contribution in [3.8, 4) is 0 Å². The number of hydrogen-bond donors (Lipinski definition) is 2. The summed E-state index contributed by atoms with van der Waals surface area (Å²) in [5.74, 6) is -1.36. The van der Waals surface area contributed by atoms with Gasteiger partial charge in [-0.15, -0.1) is 0 Å². The molecule has 6 nitrogen and oxygen atoms in total. The monoisotopic (exact) mass is 363 g/mol. The lowest BCUT2D eigenvalue weighted by molar-refractivity contribution is -0.113. The van der Waals surface area contributed by atoms with Crippen LogP contribution in [0.5, 0.6) is 0 Å². The molecule has 0 aliphatic heterocycles. The van der Waals surface area contributed by atoms with Crippen LogP contribution in [0.2, 0.25) is 5.02 Å². The molecule has 1 heterocycles. The number of benzene rings is 2. The molecule has 0 radical (unpaired) electrons. The molecule has 1 aromatic heterocycles. The molecule has 2 N–H and O–H groups in total. The van der Waals surface area contributed by atoms with Crippen LogP contribution in [0.4, 0.5) is 5.69 Å². The predicted octanol–water partition coefficient (Wildman–Crippen LogP) is 2.94. The Morgan fingerprint density at radius 2 is 1.96 bits per heavy atom. The van der Waals surface area contributed by atoms with Crippen LogP contribution < -0.4 is 5.32 Å². The van der Waals surface area contributed by atoms with Gasteiger partial charge in [-0.1, -0.05) is 29.8 Å². The molecule has 24 heavy (non-hydrogen) atoms. The minimum Gasteiger partial charge on any atom is -0.329 e. The maximum absolute atomic E-state index is 12.4. The van der Waals surface area contributed by atoms with Gasteiger partial charge < -0.3 is 10.3 Å². The van der Waals surface area contributed by atoms with Gasteiger partial charge in [-0.25, -0.2) is 13.4 Å². The molecular weight excluding hydrogens is 350 g/mol. The van der Waals surface area contributed by atoms with Crippen molar-refractivity contribution in [3.63, 3.8) is 0 Å². The van der Waals surface area contributed by atoms with Gasteiger partial charge in [0.05, 0.1) is 11.0 Å². The number of aromatic amines is 1. The molecule has 1 amide bonds. The highest BCUT2D eigenvalue weighted by Crippen LogP contribution is 2.23. The third kappa shape index (κ3) is 3.27. The highest BCUT2D eigenvalue weighted by Gasteiger charge is 2.23. The Morgan fingerprint density at radius 3 is 2.71 bits per heavy atom. The number of para-hydroxylation sites is 2. The summed E-state index contributed by atoms with van der Waals surface area (Å²) >= 11 is 5.99. The summed E-state index contributed by atoms with van der Waals surface area (Å²) in [5, 5.41) is 2.84. The Balaban J connectivity index is 1.81. The van der Waals surface area contributed by atoms with E-state index < -0.39 is 21.5 Å². The normalized spacial score (nSPS) is 11.6. The first kappa shape index (κ1) is 16.5. The van der Waals surface area contributed by atoms with Gasteiger partial charge in [0.1, 0.15) is 5.75 Å². The van der Waals surface area contributed by atoms with E-state index >= 15 is 0 Å². The second-order valence-electron chi connectivity index (χ2n) is 5.28. The van der Waals surface area contributed by atoms with Crippen LogP contribution in [0.25, 0.3) is 11.0 Å². The molecule has 0 aliphatic carbocycles. The van der Waals surface area contributed by atoms with Gasteiger partial charge in [-0.05, 0) is 36.8 Å². The predicted molar refractivity (Wildman–Crippen MR) is 93.0 cm³/mol. The molecule has 124 valence electrons. The second kappa shape index (κ2) is 6.26. The minimum absolute atomic E-state index is 0.221. The van der Waals surface area contributed by atoms with E-state index in [2.05, 4.69) is 15.3 Å². The molecule has 2 aromatic carbocycles. The number of carbonyl (C=O) groups is 1. The number of nitrogens with zero attached hydrogens (tertiary/aromatic N) is 1. The van der Waals surface area contributed by atoms with Gasteiger partial charge in [0.2, 0.25) is 20.9 Å². The Morgan fingerprint density at radius 1 is 1.21 bits per heavy atom. The summed E-state index contributed by atoms with van der Waals surface area (Å²) in [6, 6.07) is 12.0. The second-order valence-corrected chi connectivity index (χ2v) is 7.59. The molecule has 0 fully saturated rings. The number of carbonyl (C=O) groups excluding carboxylic acids is 1. The number of sulfone groups is 1. The van der Waals surface area contributed by atoms with Gasteiger partial charge in [-0.3, -0.25) is 4.79 Å². The highest BCUT2D eigenvalue weighted by molar-refractivity contribution is 7.92. The highest BCUT2D eigenvalue weighted by atomic mass is 35.5. The fourth-order valence-corrected chi connectivity index (χ4v) is 3.48. The van der Waals surface area contributed by atoms with E-state index in [1.807, 2.05) is 0 Å². The van der Waals surface area contributed by atoms with Crippen molar-refractivity contribution in [3.05, 3.63) is 53.1 Å². The van der Waals surface area contributed by atoms with Crippen molar-refractivity contribution < 1.29 is 13.2 Å². The number of fused-ring (bicyclic) bond motifs is 1. The molecule has 0 saturated carbocycles. The summed E-state index contributed by atoms with van der Waals surface area (Å²) in [5.41, 5.74) is 2.28. The van der Waals surface area contributed by atoms with Gasteiger partial charge in [0, 0.05) is 10.7 Å². The van der Waals surface area contributed by atoms with Crippen molar-refractivity contribution in [2.75, 3.05) is 11.1 Å². The Hall–Kier alpha value is -2.38. The number of nitrogens with one attached hydrogen (secondary N) is 2. The van der Waals surface area contributed by atoms with Crippen LogP contribution in [0, 0.1) is 6.92 Å². The topological polar surface area (TPSA) is 91.9 Å². The van der Waals surface area contributed by atoms with E-state index in [4.69, 9.17) is 11.6 Å². The summed E-state index contributed by atoms with van der Waals surface area (Å²) in [4.78, 5) is 18.9. The number of aromatic nitrogens is 2. The number of rotatable bonds is 4. The summed E-state index contributed by atoms with van der Waals surface area (Å²) in [7, 11) is -3.88. The standard InChI is InChI=1S/C16H14ClN3O3S/c1-10-11(17)5-4-8-12(10)18-15(21)9-24(22,23)16-19-13-6-2-3-7-14(13)20-16/h2-8H,9H2,1H3,(H,18,21)(H,19,20). The molecule has 8 heteroatoms. The zero-order valence-electron chi connectivity index (χ0n) is 12.7. The number of anilines is 1. The van der Waals surface area contributed by atoms with E-state index in [0.29, 0.717) is 27.3 Å². The van der Waals surface area contributed by atoms with Gasteiger partial charge in [0.15, 0.2) is 0 Å². The largest absolute Gasteiger partial charge is 0.329 e. The number of imidazole rings is 1. The Labute approximate surface area is 143 Å². The van der Waals surface area contributed by atoms with Crippen LogP contribution in [0.3, 0.4) is 0 Å². The molecule has 0 atom stereocenters. The van der Waals surface area contributed by atoms with Crippen molar-refractivity contribution in [2.45, 2.75) is 12.1 Å². The Kier molecular flexibility index (Phi) is 4.29. The van der Waals surface area contributed by atoms with Crippen molar-refractivity contribution in [1.29, 1.82) is 0 Å². The maximum Gasteiger partial charge on any atom is 0.240 e. The molecule has 0 saturated heterocycles. The van der Waals surface area contributed by atoms with E-state index in [1.165, 1.54) is 0 Å². The maximum atomic E-state index is 12.4. The van der Waals surface area contributed by atoms with E-state index in [1.54, 1.807) is 49.4 Å². The summed E-state index contributed by atoms with van der Waals surface area (Å²) < 4.78 is 24.7. The minimum atomic E-state index is -3.88. The average Bonchev–Trinajstić information content (AvgIpc) is 2.96. The first-order valence-corrected chi connectivity index (χ1v) is 9.12. The average molecular weight is 364 g/mol. The van der Waals surface area contributed by atoms with Crippen molar-refractivity contribution in [2.24, 2.45) is 0 Å². The quantitative estimate of drug-likeness (QED) is 0.745. The molecule has 0 bridgehead atoms. The van der Waals surface area contributed by atoms with Crippen LogP contribution in [0.1, 0.15) is 5.56 Å². The van der Waals surface area contributed by atoms with Gasteiger partial charge >= 0.3 is 0 Å². The SMILES string of the molecule is Cc1c(Cl)cccc1NC(=O)CS(=O)(=O)c1nc2ccccc2[nH]1.